The van der Waals surface area contributed by atoms with Crippen molar-refractivity contribution in [3.8, 4) is 5.75 Å². The van der Waals surface area contributed by atoms with Crippen LogP contribution < -0.4 is 10.1 Å². The van der Waals surface area contributed by atoms with Crippen molar-refractivity contribution in [1.82, 2.24) is 10.2 Å². The molecule has 2 rings (SSSR count). The second-order valence-electron chi connectivity index (χ2n) is 5.72. The number of ether oxygens (including phenoxy) is 2. The molecule has 1 atom stereocenters. The summed E-state index contributed by atoms with van der Waals surface area (Å²) in [6, 6.07) is 6.64. The topological polar surface area (TPSA) is 33.7 Å². The van der Waals surface area contributed by atoms with Crippen molar-refractivity contribution in [2.24, 2.45) is 0 Å². The zero-order valence-electron chi connectivity index (χ0n) is 13.1. The number of benzene rings is 1. The maximum atomic E-state index is 6.12. The molecule has 1 aromatic rings. The monoisotopic (exact) mass is 312 g/mol. The van der Waals surface area contributed by atoms with Crippen LogP contribution in [0.25, 0.3) is 0 Å². The Balaban J connectivity index is 2.06. The highest BCUT2D eigenvalue weighted by molar-refractivity contribution is 6.30. The normalized spacial score (nSPS) is 20.0. The third-order valence-electron chi connectivity index (χ3n) is 3.73. The van der Waals surface area contributed by atoms with Crippen LogP contribution in [0.15, 0.2) is 18.2 Å². The second-order valence-corrected chi connectivity index (χ2v) is 6.15. The lowest BCUT2D eigenvalue weighted by molar-refractivity contribution is -0.0117. The average molecular weight is 313 g/mol. The van der Waals surface area contributed by atoms with Gasteiger partial charge < -0.3 is 14.8 Å². The molecule has 0 radical (unpaired) electrons. The summed E-state index contributed by atoms with van der Waals surface area (Å²) in [6.45, 7) is 8.56. The Hall–Kier alpha value is -0.810. The third kappa shape index (κ3) is 4.85. The molecule has 1 fully saturated rings. The van der Waals surface area contributed by atoms with E-state index in [1.54, 1.807) is 7.11 Å². The number of methoxy groups -OCH3 is 1. The number of hydrogen-bond donors (Lipinski definition) is 1. The van der Waals surface area contributed by atoms with Crippen LogP contribution in [-0.2, 0) is 11.3 Å². The van der Waals surface area contributed by atoms with Crippen molar-refractivity contribution in [2.45, 2.75) is 32.5 Å². The molecule has 1 saturated heterocycles. The van der Waals surface area contributed by atoms with Gasteiger partial charge in [-0.25, -0.2) is 0 Å². The van der Waals surface area contributed by atoms with Gasteiger partial charge in [-0.05, 0) is 18.2 Å². The molecule has 4 nitrogen and oxygen atoms in total. The molecular weight excluding hydrogens is 288 g/mol. The summed E-state index contributed by atoms with van der Waals surface area (Å²) in [6.07, 6.45) is 0. The van der Waals surface area contributed by atoms with Crippen LogP contribution in [0.4, 0.5) is 0 Å². The van der Waals surface area contributed by atoms with Gasteiger partial charge in [-0.15, -0.1) is 0 Å². The van der Waals surface area contributed by atoms with Gasteiger partial charge in [0.1, 0.15) is 5.75 Å². The number of nitrogens with one attached hydrogen (secondary N) is 1. The Kier molecular flexibility index (Phi) is 6.30. The molecule has 5 heteroatoms. The maximum Gasteiger partial charge on any atom is 0.123 e. The molecule has 21 heavy (non-hydrogen) atoms. The first-order chi connectivity index (χ1) is 10.1. The highest BCUT2D eigenvalue weighted by Crippen LogP contribution is 2.25. The quantitative estimate of drug-likeness (QED) is 0.875. The van der Waals surface area contributed by atoms with Crippen LogP contribution in [0.1, 0.15) is 19.4 Å². The number of hydrogen-bond acceptors (Lipinski definition) is 4. The summed E-state index contributed by atoms with van der Waals surface area (Å²) in [7, 11) is 1.70. The molecule has 0 aliphatic carbocycles. The second kappa shape index (κ2) is 7.99. The summed E-state index contributed by atoms with van der Waals surface area (Å²) in [4.78, 5) is 2.44. The van der Waals surface area contributed by atoms with Gasteiger partial charge in [-0.1, -0.05) is 25.4 Å². The third-order valence-corrected chi connectivity index (χ3v) is 3.96. The number of rotatable bonds is 6. The average Bonchev–Trinajstić information content (AvgIpc) is 2.46. The van der Waals surface area contributed by atoms with Crippen molar-refractivity contribution in [2.75, 3.05) is 33.4 Å². The molecule has 0 amide bonds. The van der Waals surface area contributed by atoms with Crippen LogP contribution in [0, 0.1) is 0 Å². The van der Waals surface area contributed by atoms with Crippen molar-refractivity contribution >= 4 is 11.6 Å². The fourth-order valence-electron chi connectivity index (χ4n) is 2.55. The van der Waals surface area contributed by atoms with Crippen LogP contribution in [0.3, 0.4) is 0 Å². The first kappa shape index (κ1) is 16.6. The molecule has 0 aromatic heterocycles. The van der Waals surface area contributed by atoms with E-state index in [9.17, 15) is 0 Å². The summed E-state index contributed by atoms with van der Waals surface area (Å²) < 4.78 is 11.1. The van der Waals surface area contributed by atoms with Crippen LogP contribution in [-0.4, -0.2) is 50.4 Å². The Bertz CT molecular complexity index is 454. The lowest BCUT2D eigenvalue weighted by Gasteiger charge is -2.36. The zero-order chi connectivity index (χ0) is 15.2. The Morgan fingerprint density at radius 1 is 1.48 bits per heavy atom. The highest BCUT2D eigenvalue weighted by atomic mass is 35.5. The fourth-order valence-corrected chi connectivity index (χ4v) is 2.74. The summed E-state index contributed by atoms with van der Waals surface area (Å²) in [5, 5.41) is 4.24. The van der Waals surface area contributed by atoms with E-state index in [-0.39, 0.29) is 0 Å². The predicted molar refractivity (Wildman–Crippen MR) is 86.2 cm³/mol. The first-order valence-corrected chi connectivity index (χ1v) is 7.85. The lowest BCUT2D eigenvalue weighted by atomic mass is 10.1. The van der Waals surface area contributed by atoms with Crippen LogP contribution in [0.5, 0.6) is 5.75 Å². The minimum atomic E-state index is 0.379. The maximum absolute atomic E-state index is 6.12. The standard InChI is InChI=1S/C16H25ClN2O2/c1-12(2)18-9-15-11-21-7-6-19(15)10-13-8-14(17)4-5-16(13)20-3/h4-5,8,12,15,18H,6-7,9-11H2,1-3H3. The molecule has 0 saturated carbocycles. The molecule has 1 aliphatic heterocycles. The van der Waals surface area contributed by atoms with E-state index in [1.165, 1.54) is 0 Å². The van der Waals surface area contributed by atoms with Crippen molar-refractivity contribution in [3.63, 3.8) is 0 Å². The van der Waals surface area contributed by atoms with Gasteiger partial charge in [0, 0.05) is 42.3 Å². The number of halogens is 1. The predicted octanol–water partition coefficient (Wildman–Crippen LogP) is 2.55. The molecular formula is C16H25ClN2O2. The molecule has 0 bridgehead atoms. The first-order valence-electron chi connectivity index (χ1n) is 7.47. The van der Waals surface area contributed by atoms with E-state index in [2.05, 4.69) is 24.1 Å². The summed E-state index contributed by atoms with van der Waals surface area (Å²) in [5.74, 6) is 0.890. The molecule has 1 N–H and O–H groups in total. The van der Waals surface area contributed by atoms with Gasteiger partial charge >= 0.3 is 0 Å². The van der Waals surface area contributed by atoms with Crippen molar-refractivity contribution < 1.29 is 9.47 Å². The SMILES string of the molecule is COc1ccc(Cl)cc1CN1CCOCC1CNC(C)C. The van der Waals surface area contributed by atoms with E-state index in [0.717, 1.165) is 49.2 Å². The molecule has 1 aromatic carbocycles. The van der Waals surface area contributed by atoms with Gasteiger partial charge in [0.2, 0.25) is 0 Å². The lowest BCUT2D eigenvalue weighted by Crippen LogP contribution is -2.50. The van der Waals surface area contributed by atoms with E-state index in [4.69, 9.17) is 21.1 Å². The Morgan fingerprint density at radius 2 is 2.29 bits per heavy atom. The van der Waals surface area contributed by atoms with Crippen molar-refractivity contribution in [1.29, 1.82) is 0 Å². The molecule has 1 aliphatic rings. The van der Waals surface area contributed by atoms with Gasteiger partial charge in [0.25, 0.3) is 0 Å². The van der Waals surface area contributed by atoms with Gasteiger partial charge in [0.05, 0.1) is 20.3 Å². The van der Waals surface area contributed by atoms with Crippen molar-refractivity contribution in [3.05, 3.63) is 28.8 Å². The highest BCUT2D eigenvalue weighted by Gasteiger charge is 2.24. The smallest absolute Gasteiger partial charge is 0.123 e. The minimum absolute atomic E-state index is 0.379. The summed E-state index contributed by atoms with van der Waals surface area (Å²) >= 11 is 6.12. The van der Waals surface area contributed by atoms with Gasteiger partial charge in [0.15, 0.2) is 0 Å². The van der Waals surface area contributed by atoms with Gasteiger partial charge in [-0.2, -0.15) is 0 Å². The Morgan fingerprint density at radius 3 is 3.00 bits per heavy atom. The molecule has 0 spiro atoms. The largest absolute Gasteiger partial charge is 0.496 e. The minimum Gasteiger partial charge on any atom is -0.496 e. The zero-order valence-corrected chi connectivity index (χ0v) is 13.8. The van der Waals surface area contributed by atoms with E-state index in [1.807, 2.05) is 18.2 Å². The van der Waals surface area contributed by atoms with E-state index < -0.39 is 0 Å². The van der Waals surface area contributed by atoms with Crippen LogP contribution >= 0.6 is 11.6 Å². The van der Waals surface area contributed by atoms with Gasteiger partial charge in [-0.3, -0.25) is 4.90 Å². The van der Waals surface area contributed by atoms with Crippen LogP contribution in [0.2, 0.25) is 5.02 Å². The molecule has 1 unspecified atom stereocenters. The Labute approximate surface area is 132 Å². The molecule has 1 heterocycles. The molecule has 118 valence electrons. The van der Waals surface area contributed by atoms with E-state index in [0.29, 0.717) is 12.1 Å². The summed E-state index contributed by atoms with van der Waals surface area (Å²) in [5.41, 5.74) is 1.13. The van der Waals surface area contributed by atoms with E-state index >= 15 is 0 Å². The fraction of sp³-hybridized carbons (Fsp3) is 0.625. The number of nitrogens with zero attached hydrogens (tertiary/aromatic N) is 1. The number of morpholine rings is 1.